The molecule has 3 nitrogen and oxygen atoms in total. The predicted molar refractivity (Wildman–Crippen MR) is 115 cm³/mol. The van der Waals surface area contributed by atoms with E-state index < -0.39 is 0 Å². The number of hydrogen-bond donors (Lipinski definition) is 0. The average molecular weight is 378 g/mol. The quantitative estimate of drug-likeness (QED) is 0.388. The van der Waals surface area contributed by atoms with Gasteiger partial charge in [-0.15, -0.1) is 16.8 Å². The Labute approximate surface area is 166 Å². The standard InChI is InChI=1S/C23H27N3S/c1-6-15-26-21(19-11-13-20(14-12-19)23(3,4)5)24-25-22(26)27-16-18-9-7-17(2)8-10-18/h6-14H,1,15-16H2,2-5H3. The van der Waals surface area contributed by atoms with Gasteiger partial charge in [0, 0.05) is 17.9 Å². The van der Waals surface area contributed by atoms with Crippen LogP contribution in [0.2, 0.25) is 0 Å². The molecule has 0 saturated carbocycles. The minimum Gasteiger partial charge on any atom is -0.298 e. The number of aromatic nitrogens is 3. The lowest BCUT2D eigenvalue weighted by Gasteiger charge is -2.19. The summed E-state index contributed by atoms with van der Waals surface area (Å²) in [7, 11) is 0. The van der Waals surface area contributed by atoms with Crippen LogP contribution in [0.5, 0.6) is 0 Å². The summed E-state index contributed by atoms with van der Waals surface area (Å²) >= 11 is 1.71. The van der Waals surface area contributed by atoms with Crippen LogP contribution >= 0.6 is 11.8 Å². The number of hydrogen-bond acceptors (Lipinski definition) is 3. The molecule has 1 heterocycles. The molecule has 0 N–H and O–H groups in total. The van der Waals surface area contributed by atoms with Gasteiger partial charge in [-0.25, -0.2) is 0 Å². The van der Waals surface area contributed by atoms with Crippen molar-refractivity contribution in [2.75, 3.05) is 0 Å². The van der Waals surface area contributed by atoms with Crippen molar-refractivity contribution in [3.63, 3.8) is 0 Å². The summed E-state index contributed by atoms with van der Waals surface area (Å²) in [6, 6.07) is 17.3. The molecule has 0 aliphatic heterocycles. The van der Waals surface area contributed by atoms with Gasteiger partial charge in [0.05, 0.1) is 0 Å². The van der Waals surface area contributed by atoms with Gasteiger partial charge in [0.2, 0.25) is 0 Å². The van der Waals surface area contributed by atoms with Crippen molar-refractivity contribution in [1.29, 1.82) is 0 Å². The lowest BCUT2D eigenvalue weighted by atomic mass is 9.87. The van der Waals surface area contributed by atoms with Crippen molar-refractivity contribution < 1.29 is 0 Å². The molecule has 0 unspecified atom stereocenters. The monoisotopic (exact) mass is 377 g/mol. The Morgan fingerprint density at radius 1 is 1.00 bits per heavy atom. The highest BCUT2D eigenvalue weighted by molar-refractivity contribution is 7.98. The van der Waals surface area contributed by atoms with Crippen LogP contribution in [0, 0.1) is 6.92 Å². The van der Waals surface area contributed by atoms with Gasteiger partial charge >= 0.3 is 0 Å². The van der Waals surface area contributed by atoms with Crippen molar-refractivity contribution in [2.45, 2.75) is 50.6 Å². The largest absolute Gasteiger partial charge is 0.298 e. The average Bonchev–Trinajstić information content (AvgIpc) is 3.04. The van der Waals surface area contributed by atoms with Crippen LogP contribution in [0.3, 0.4) is 0 Å². The van der Waals surface area contributed by atoms with Crippen molar-refractivity contribution in [3.8, 4) is 11.4 Å². The maximum Gasteiger partial charge on any atom is 0.192 e. The molecule has 2 aromatic carbocycles. The van der Waals surface area contributed by atoms with E-state index >= 15 is 0 Å². The maximum absolute atomic E-state index is 4.47. The first-order valence-electron chi connectivity index (χ1n) is 9.22. The van der Waals surface area contributed by atoms with Gasteiger partial charge in [-0.2, -0.15) is 0 Å². The second-order valence-corrected chi connectivity index (χ2v) is 8.75. The molecule has 0 aliphatic rings. The van der Waals surface area contributed by atoms with Gasteiger partial charge in [-0.05, 0) is 23.5 Å². The van der Waals surface area contributed by atoms with Gasteiger partial charge in [-0.1, -0.05) is 92.7 Å². The normalized spacial score (nSPS) is 11.6. The highest BCUT2D eigenvalue weighted by atomic mass is 32.2. The van der Waals surface area contributed by atoms with E-state index in [-0.39, 0.29) is 5.41 Å². The van der Waals surface area contributed by atoms with Crippen LogP contribution in [0.25, 0.3) is 11.4 Å². The molecular weight excluding hydrogens is 350 g/mol. The number of benzene rings is 2. The van der Waals surface area contributed by atoms with Crippen LogP contribution in [0.15, 0.2) is 66.3 Å². The summed E-state index contributed by atoms with van der Waals surface area (Å²) in [6.45, 7) is 13.4. The molecule has 3 rings (SSSR count). The summed E-state index contributed by atoms with van der Waals surface area (Å²) in [5.41, 5.74) is 5.10. The molecule has 1 aromatic heterocycles. The Morgan fingerprint density at radius 2 is 1.67 bits per heavy atom. The molecule has 0 atom stereocenters. The molecule has 3 aromatic rings. The fraction of sp³-hybridized carbons (Fsp3) is 0.304. The summed E-state index contributed by atoms with van der Waals surface area (Å²) in [5.74, 6) is 1.76. The second kappa shape index (κ2) is 8.13. The molecule has 0 aliphatic carbocycles. The minimum absolute atomic E-state index is 0.141. The molecule has 140 valence electrons. The second-order valence-electron chi connectivity index (χ2n) is 7.81. The molecule has 0 fully saturated rings. The first-order valence-corrected chi connectivity index (χ1v) is 10.2. The van der Waals surface area contributed by atoms with Gasteiger partial charge < -0.3 is 0 Å². The van der Waals surface area contributed by atoms with Crippen molar-refractivity contribution >= 4 is 11.8 Å². The van der Waals surface area contributed by atoms with Crippen LogP contribution in [-0.2, 0) is 17.7 Å². The lowest BCUT2D eigenvalue weighted by Crippen LogP contribution is -2.10. The molecule has 0 radical (unpaired) electrons. The highest BCUT2D eigenvalue weighted by Gasteiger charge is 2.16. The molecule has 27 heavy (non-hydrogen) atoms. The zero-order valence-electron chi connectivity index (χ0n) is 16.6. The number of aryl methyl sites for hydroxylation is 1. The van der Waals surface area contributed by atoms with Crippen LogP contribution in [0.4, 0.5) is 0 Å². The van der Waals surface area contributed by atoms with Crippen LogP contribution in [0.1, 0.15) is 37.5 Å². The summed E-state index contributed by atoms with van der Waals surface area (Å²) in [4.78, 5) is 0. The van der Waals surface area contributed by atoms with E-state index in [1.54, 1.807) is 11.8 Å². The van der Waals surface area contributed by atoms with Crippen molar-refractivity contribution in [2.24, 2.45) is 0 Å². The summed E-state index contributed by atoms with van der Waals surface area (Å²) in [5, 5.41) is 9.83. The third-order valence-electron chi connectivity index (χ3n) is 4.53. The Hall–Kier alpha value is -2.33. The SMILES string of the molecule is C=CCn1c(SCc2ccc(C)cc2)nnc1-c1ccc(C(C)(C)C)cc1. The van der Waals surface area contributed by atoms with E-state index in [1.807, 2.05) is 6.08 Å². The first kappa shape index (κ1) is 19.4. The molecule has 4 heteroatoms. The first-order chi connectivity index (χ1) is 12.9. The molecular formula is C23H27N3S. The number of thioether (sulfide) groups is 1. The van der Waals surface area contributed by atoms with E-state index in [2.05, 4.69) is 97.6 Å². The van der Waals surface area contributed by atoms with E-state index in [0.29, 0.717) is 6.54 Å². The summed E-state index contributed by atoms with van der Waals surface area (Å²) in [6.07, 6.45) is 1.90. The van der Waals surface area contributed by atoms with E-state index in [1.165, 1.54) is 16.7 Å². The predicted octanol–water partition coefficient (Wildman–Crippen LogP) is 6.03. The van der Waals surface area contributed by atoms with Crippen LogP contribution in [-0.4, -0.2) is 14.8 Å². The van der Waals surface area contributed by atoms with E-state index in [9.17, 15) is 0 Å². The van der Waals surface area contributed by atoms with Crippen molar-refractivity contribution in [1.82, 2.24) is 14.8 Å². The van der Waals surface area contributed by atoms with Gasteiger partial charge in [0.25, 0.3) is 0 Å². The number of rotatable bonds is 6. The molecule has 0 spiro atoms. The Kier molecular flexibility index (Phi) is 5.85. The van der Waals surface area contributed by atoms with Gasteiger partial charge in [0.15, 0.2) is 11.0 Å². The summed E-state index contributed by atoms with van der Waals surface area (Å²) < 4.78 is 2.14. The molecule has 0 amide bonds. The minimum atomic E-state index is 0.141. The van der Waals surface area contributed by atoms with Gasteiger partial charge in [0.1, 0.15) is 0 Å². The number of allylic oxidation sites excluding steroid dienone is 1. The van der Waals surface area contributed by atoms with E-state index in [0.717, 1.165) is 22.3 Å². The Morgan fingerprint density at radius 3 is 2.26 bits per heavy atom. The number of nitrogens with zero attached hydrogens (tertiary/aromatic N) is 3. The Bertz CT molecular complexity index is 900. The van der Waals surface area contributed by atoms with Crippen LogP contribution < -0.4 is 0 Å². The van der Waals surface area contributed by atoms with Gasteiger partial charge in [-0.3, -0.25) is 4.57 Å². The van der Waals surface area contributed by atoms with E-state index in [4.69, 9.17) is 0 Å². The Balaban J connectivity index is 1.84. The topological polar surface area (TPSA) is 30.7 Å². The fourth-order valence-corrected chi connectivity index (χ4v) is 3.76. The maximum atomic E-state index is 4.47. The zero-order valence-corrected chi connectivity index (χ0v) is 17.4. The zero-order chi connectivity index (χ0) is 19.4. The molecule has 0 bridgehead atoms. The third kappa shape index (κ3) is 4.69. The smallest absolute Gasteiger partial charge is 0.192 e. The highest BCUT2D eigenvalue weighted by Crippen LogP contribution is 2.29. The lowest BCUT2D eigenvalue weighted by molar-refractivity contribution is 0.590. The molecule has 0 saturated heterocycles. The van der Waals surface area contributed by atoms with Crippen molar-refractivity contribution in [3.05, 3.63) is 77.9 Å². The fourth-order valence-electron chi connectivity index (χ4n) is 2.85. The third-order valence-corrected chi connectivity index (χ3v) is 5.56.